The molecule has 1 fully saturated rings. The molecule has 0 unspecified atom stereocenters. The fraction of sp³-hybridized carbons (Fsp3) is 0.261. The molecule has 0 N–H and O–H groups in total. The van der Waals surface area contributed by atoms with Gasteiger partial charge in [0.05, 0.1) is 5.69 Å². The van der Waals surface area contributed by atoms with Gasteiger partial charge in [0.1, 0.15) is 15.4 Å². The molecule has 2 aromatic carbocycles. The van der Waals surface area contributed by atoms with E-state index in [1.54, 1.807) is 0 Å². The van der Waals surface area contributed by atoms with Crippen molar-refractivity contribution in [2.75, 3.05) is 18.1 Å². The lowest BCUT2D eigenvalue weighted by Crippen LogP contribution is -2.36. The minimum atomic E-state index is 0.214. The van der Waals surface area contributed by atoms with E-state index in [0.29, 0.717) is 0 Å². The topological polar surface area (TPSA) is 9.72 Å². The third-order valence-corrected chi connectivity index (χ3v) is 7.21. The first kappa shape index (κ1) is 19.1. The van der Waals surface area contributed by atoms with Crippen LogP contribution < -0.4 is 5.01 Å². The molecule has 0 amide bonds. The highest BCUT2D eigenvalue weighted by atomic mass is 32.2. The van der Waals surface area contributed by atoms with E-state index in [-0.39, 0.29) is 5.37 Å². The van der Waals surface area contributed by atoms with E-state index in [4.69, 9.17) is 12.2 Å². The third-order valence-electron chi connectivity index (χ3n) is 5.25. The molecule has 2 heterocycles. The standard InChI is InChI=1S/C23H25N3S2/c1-4-24(5-2)21(27)17(3)22-26(19-12-7-6-8-13-19)25-16-15-18-11-9-10-14-20(18)23(25)28-22/h6-16,23H,4-5H2,1-3H3/b22-17-/t23-/m0/s1. The maximum atomic E-state index is 5.87. The lowest BCUT2D eigenvalue weighted by atomic mass is 10.1. The van der Waals surface area contributed by atoms with Crippen molar-refractivity contribution in [3.8, 4) is 0 Å². The average molecular weight is 408 g/mol. The fourth-order valence-corrected chi connectivity index (χ4v) is 5.54. The molecule has 1 saturated heterocycles. The van der Waals surface area contributed by atoms with E-state index in [2.05, 4.69) is 103 Å². The van der Waals surface area contributed by atoms with Crippen LogP contribution >= 0.6 is 24.0 Å². The molecule has 3 nitrogen and oxygen atoms in total. The Kier molecular flexibility index (Phi) is 5.47. The number of hydrogen-bond donors (Lipinski definition) is 0. The highest BCUT2D eigenvalue weighted by Gasteiger charge is 2.40. The van der Waals surface area contributed by atoms with E-state index < -0.39 is 0 Å². The Bertz CT molecular complexity index is 932. The number of thiocarbonyl (C=S) groups is 1. The number of likely N-dealkylation sites (N-methyl/N-ethyl adjacent to an activating group) is 1. The summed E-state index contributed by atoms with van der Waals surface area (Å²) in [7, 11) is 0. The minimum absolute atomic E-state index is 0.214. The lowest BCUT2D eigenvalue weighted by Gasteiger charge is -2.35. The fourth-order valence-electron chi connectivity index (χ4n) is 3.72. The van der Waals surface area contributed by atoms with Crippen LogP contribution in [0.25, 0.3) is 6.08 Å². The van der Waals surface area contributed by atoms with E-state index in [1.165, 1.54) is 16.2 Å². The molecule has 4 rings (SSSR count). The second kappa shape index (κ2) is 8.02. The van der Waals surface area contributed by atoms with Crippen molar-refractivity contribution in [1.29, 1.82) is 0 Å². The Labute approximate surface area is 177 Å². The van der Waals surface area contributed by atoms with E-state index in [9.17, 15) is 0 Å². The van der Waals surface area contributed by atoms with Gasteiger partial charge in [-0.1, -0.05) is 66.4 Å². The second-order valence-electron chi connectivity index (χ2n) is 6.85. The van der Waals surface area contributed by atoms with Crippen molar-refractivity contribution in [3.05, 3.63) is 82.5 Å². The molecule has 1 atom stereocenters. The first-order chi connectivity index (χ1) is 13.7. The summed E-state index contributed by atoms with van der Waals surface area (Å²) < 4.78 is 0. The van der Waals surface area contributed by atoms with Crippen molar-refractivity contribution in [3.63, 3.8) is 0 Å². The number of nitrogens with zero attached hydrogens (tertiary/aromatic N) is 3. The van der Waals surface area contributed by atoms with Gasteiger partial charge in [-0.05, 0) is 50.1 Å². The number of hydrazine groups is 1. The maximum absolute atomic E-state index is 5.87. The van der Waals surface area contributed by atoms with Crippen molar-refractivity contribution >= 4 is 40.7 Å². The summed E-state index contributed by atoms with van der Waals surface area (Å²) in [6.45, 7) is 8.32. The van der Waals surface area contributed by atoms with Crippen LogP contribution in [0.2, 0.25) is 0 Å². The molecular weight excluding hydrogens is 382 g/mol. The third kappa shape index (κ3) is 3.23. The number of hydrogen-bond acceptors (Lipinski definition) is 4. The number of rotatable bonds is 4. The van der Waals surface area contributed by atoms with Gasteiger partial charge in [0.25, 0.3) is 0 Å². The summed E-state index contributed by atoms with van der Waals surface area (Å²) in [5, 5.41) is 6.05. The molecule has 2 aliphatic rings. The number of benzene rings is 2. The Balaban J connectivity index is 1.83. The molecule has 0 bridgehead atoms. The van der Waals surface area contributed by atoms with Gasteiger partial charge in [0.2, 0.25) is 0 Å². The number of fused-ring (bicyclic) bond motifs is 3. The predicted molar refractivity (Wildman–Crippen MR) is 125 cm³/mol. The Morgan fingerprint density at radius 2 is 1.71 bits per heavy atom. The first-order valence-electron chi connectivity index (χ1n) is 9.73. The summed E-state index contributed by atoms with van der Waals surface area (Å²) in [6.07, 6.45) is 4.39. The highest BCUT2D eigenvalue weighted by molar-refractivity contribution is 8.03. The Morgan fingerprint density at radius 1 is 1.04 bits per heavy atom. The zero-order valence-electron chi connectivity index (χ0n) is 16.5. The van der Waals surface area contributed by atoms with E-state index in [1.807, 2.05) is 11.8 Å². The second-order valence-corrected chi connectivity index (χ2v) is 8.31. The SMILES string of the molecule is CCN(CC)C(=S)/C(C)=C1\S[C@H]2c3ccccc3C=CN2N1c1ccccc1. The Morgan fingerprint density at radius 3 is 2.43 bits per heavy atom. The minimum Gasteiger partial charge on any atom is -0.363 e. The zero-order chi connectivity index (χ0) is 19.7. The van der Waals surface area contributed by atoms with Gasteiger partial charge in [-0.25, -0.2) is 5.01 Å². The van der Waals surface area contributed by atoms with Crippen LogP contribution in [0.1, 0.15) is 37.3 Å². The number of thioether (sulfide) groups is 1. The average Bonchev–Trinajstić information content (AvgIpc) is 3.14. The monoisotopic (exact) mass is 407 g/mol. The van der Waals surface area contributed by atoms with E-state index >= 15 is 0 Å². The van der Waals surface area contributed by atoms with Gasteiger partial charge in [-0.2, -0.15) is 0 Å². The molecule has 0 saturated carbocycles. The molecule has 5 heteroatoms. The van der Waals surface area contributed by atoms with Gasteiger partial charge in [-0.15, -0.1) is 0 Å². The van der Waals surface area contributed by atoms with Crippen LogP contribution in [0.15, 0.2) is 71.4 Å². The quantitative estimate of drug-likeness (QED) is 0.450. The van der Waals surface area contributed by atoms with Crippen LogP contribution in [0.4, 0.5) is 5.69 Å². The van der Waals surface area contributed by atoms with Gasteiger partial charge in [0.15, 0.2) is 0 Å². The van der Waals surface area contributed by atoms with Crippen LogP contribution in [0.3, 0.4) is 0 Å². The van der Waals surface area contributed by atoms with Gasteiger partial charge in [-0.3, -0.25) is 5.01 Å². The number of anilines is 1. The first-order valence-corrected chi connectivity index (χ1v) is 11.0. The molecule has 0 aliphatic carbocycles. The zero-order valence-corrected chi connectivity index (χ0v) is 18.1. The summed E-state index contributed by atoms with van der Waals surface area (Å²) in [4.78, 5) is 3.19. The maximum Gasteiger partial charge on any atom is 0.127 e. The predicted octanol–water partition coefficient (Wildman–Crippen LogP) is 6.04. The van der Waals surface area contributed by atoms with Crippen LogP contribution in [-0.2, 0) is 0 Å². The molecule has 2 aromatic rings. The molecule has 0 aromatic heterocycles. The molecule has 28 heavy (non-hydrogen) atoms. The van der Waals surface area contributed by atoms with Gasteiger partial charge >= 0.3 is 0 Å². The highest BCUT2D eigenvalue weighted by Crippen LogP contribution is 2.53. The number of para-hydroxylation sites is 1. The van der Waals surface area contributed by atoms with Crippen LogP contribution in [-0.4, -0.2) is 28.0 Å². The largest absolute Gasteiger partial charge is 0.363 e. The van der Waals surface area contributed by atoms with Crippen molar-refractivity contribution < 1.29 is 0 Å². The van der Waals surface area contributed by atoms with Crippen molar-refractivity contribution in [1.82, 2.24) is 9.91 Å². The summed E-state index contributed by atoms with van der Waals surface area (Å²) in [5.74, 6) is 0. The molecular formula is C23H25N3S2. The summed E-state index contributed by atoms with van der Waals surface area (Å²) in [5.41, 5.74) is 4.94. The molecule has 0 radical (unpaired) electrons. The van der Waals surface area contributed by atoms with Gasteiger partial charge in [0, 0.05) is 24.9 Å². The molecule has 2 aliphatic heterocycles. The van der Waals surface area contributed by atoms with Gasteiger partial charge < -0.3 is 4.90 Å². The summed E-state index contributed by atoms with van der Waals surface area (Å²) >= 11 is 7.75. The van der Waals surface area contributed by atoms with E-state index in [0.717, 1.165) is 29.3 Å². The van der Waals surface area contributed by atoms with Crippen LogP contribution in [0, 0.1) is 0 Å². The van der Waals surface area contributed by atoms with Crippen molar-refractivity contribution in [2.24, 2.45) is 0 Å². The lowest BCUT2D eigenvalue weighted by molar-refractivity contribution is 0.374. The molecule has 0 spiro atoms. The van der Waals surface area contributed by atoms with Crippen LogP contribution in [0.5, 0.6) is 0 Å². The Hall–Kier alpha value is -2.24. The summed E-state index contributed by atoms with van der Waals surface area (Å²) in [6, 6.07) is 19.2. The normalized spacial score (nSPS) is 19.3. The smallest absolute Gasteiger partial charge is 0.127 e. The van der Waals surface area contributed by atoms with Crippen molar-refractivity contribution in [2.45, 2.75) is 26.1 Å². The molecule has 144 valence electrons.